The first-order valence-corrected chi connectivity index (χ1v) is 6.42. The minimum Gasteiger partial charge on any atom is -0.493 e. The van der Waals surface area contributed by atoms with Crippen molar-refractivity contribution in [3.05, 3.63) is 29.3 Å². The molecule has 1 aromatic rings. The quantitative estimate of drug-likeness (QED) is 0.821. The lowest BCUT2D eigenvalue weighted by molar-refractivity contribution is -0.0443. The summed E-state index contributed by atoms with van der Waals surface area (Å²) in [6, 6.07) is 3.95. The van der Waals surface area contributed by atoms with Gasteiger partial charge in [0.25, 0.3) is 0 Å². The molecule has 1 aromatic carbocycles. The third-order valence-electron chi connectivity index (χ3n) is 3.25. The van der Waals surface area contributed by atoms with Crippen LogP contribution in [0.3, 0.4) is 0 Å². The van der Waals surface area contributed by atoms with E-state index in [4.69, 9.17) is 18.9 Å². The van der Waals surface area contributed by atoms with E-state index in [1.807, 2.05) is 32.1 Å². The molecule has 1 fully saturated rings. The molecule has 2 aliphatic heterocycles. The standard InChI is InChI=1S/C15H18O4/c1-15(2)5-4-10-8-11(14-17-6-7-18-14)9-12(16-3)13(10)19-15/h4-5,8-9,14H,6-7H2,1-3H3. The summed E-state index contributed by atoms with van der Waals surface area (Å²) in [7, 11) is 1.64. The smallest absolute Gasteiger partial charge is 0.184 e. The average molecular weight is 262 g/mol. The molecule has 0 atom stereocenters. The maximum Gasteiger partial charge on any atom is 0.184 e. The van der Waals surface area contributed by atoms with E-state index in [-0.39, 0.29) is 11.9 Å². The number of hydrogen-bond acceptors (Lipinski definition) is 4. The molecule has 0 saturated carbocycles. The summed E-state index contributed by atoms with van der Waals surface area (Å²) in [4.78, 5) is 0. The Morgan fingerprint density at radius 2 is 1.95 bits per heavy atom. The van der Waals surface area contributed by atoms with Crippen molar-refractivity contribution in [3.63, 3.8) is 0 Å². The molecular weight excluding hydrogens is 244 g/mol. The van der Waals surface area contributed by atoms with Crippen molar-refractivity contribution in [3.8, 4) is 11.5 Å². The van der Waals surface area contributed by atoms with Crippen LogP contribution in [-0.2, 0) is 9.47 Å². The number of methoxy groups -OCH3 is 1. The fourth-order valence-electron chi connectivity index (χ4n) is 2.31. The largest absolute Gasteiger partial charge is 0.493 e. The Kier molecular flexibility index (Phi) is 2.99. The minimum absolute atomic E-state index is 0.303. The number of benzene rings is 1. The summed E-state index contributed by atoms with van der Waals surface area (Å²) < 4.78 is 22.5. The number of rotatable bonds is 2. The lowest BCUT2D eigenvalue weighted by Crippen LogP contribution is -2.27. The van der Waals surface area contributed by atoms with E-state index in [9.17, 15) is 0 Å². The van der Waals surface area contributed by atoms with E-state index in [0.717, 1.165) is 16.9 Å². The lowest BCUT2D eigenvalue weighted by atomic mass is 10.00. The SMILES string of the molecule is COc1cc(C2OCCO2)cc2c1OC(C)(C)C=C2. The minimum atomic E-state index is -0.317. The highest BCUT2D eigenvalue weighted by Gasteiger charge is 2.27. The van der Waals surface area contributed by atoms with Crippen LogP contribution < -0.4 is 9.47 Å². The highest BCUT2D eigenvalue weighted by atomic mass is 16.7. The van der Waals surface area contributed by atoms with Gasteiger partial charge in [-0.15, -0.1) is 0 Å². The molecule has 4 nitrogen and oxygen atoms in total. The van der Waals surface area contributed by atoms with E-state index < -0.39 is 0 Å². The Labute approximate surface area is 112 Å². The van der Waals surface area contributed by atoms with Crippen LogP contribution in [-0.4, -0.2) is 25.9 Å². The van der Waals surface area contributed by atoms with Gasteiger partial charge in [-0.3, -0.25) is 0 Å². The van der Waals surface area contributed by atoms with Crippen molar-refractivity contribution >= 4 is 6.08 Å². The van der Waals surface area contributed by atoms with E-state index in [2.05, 4.69) is 6.08 Å². The highest BCUT2D eigenvalue weighted by molar-refractivity contribution is 5.66. The van der Waals surface area contributed by atoms with Gasteiger partial charge in [-0.05, 0) is 32.1 Å². The second kappa shape index (κ2) is 4.54. The topological polar surface area (TPSA) is 36.9 Å². The summed E-state index contributed by atoms with van der Waals surface area (Å²) >= 11 is 0. The zero-order chi connectivity index (χ0) is 13.5. The fraction of sp³-hybridized carbons (Fsp3) is 0.467. The predicted molar refractivity (Wildman–Crippen MR) is 71.4 cm³/mol. The Morgan fingerprint density at radius 1 is 1.21 bits per heavy atom. The van der Waals surface area contributed by atoms with Crippen molar-refractivity contribution in [2.75, 3.05) is 20.3 Å². The predicted octanol–water partition coefficient (Wildman–Crippen LogP) is 2.92. The van der Waals surface area contributed by atoms with E-state index >= 15 is 0 Å². The maximum absolute atomic E-state index is 5.97. The second-order valence-corrected chi connectivity index (χ2v) is 5.25. The van der Waals surface area contributed by atoms with Gasteiger partial charge in [0.05, 0.1) is 20.3 Å². The first-order chi connectivity index (χ1) is 9.09. The molecule has 2 heterocycles. The first-order valence-electron chi connectivity index (χ1n) is 6.42. The summed E-state index contributed by atoms with van der Waals surface area (Å²) in [6.45, 7) is 5.29. The Balaban J connectivity index is 2.03. The molecular formula is C15H18O4. The van der Waals surface area contributed by atoms with Crippen LogP contribution in [0.5, 0.6) is 11.5 Å². The van der Waals surface area contributed by atoms with Gasteiger partial charge in [0.1, 0.15) is 5.60 Å². The summed E-state index contributed by atoms with van der Waals surface area (Å²) in [5.41, 5.74) is 1.64. The van der Waals surface area contributed by atoms with Crippen molar-refractivity contribution in [2.24, 2.45) is 0 Å². The van der Waals surface area contributed by atoms with Crippen LogP contribution in [0, 0.1) is 0 Å². The normalized spacial score (nSPS) is 21.0. The Hall–Kier alpha value is -1.52. The van der Waals surface area contributed by atoms with Gasteiger partial charge in [-0.2, -0.15) is 0 Å². The van der Waals surface area contributed by atoms with Crippen molar-refractivity contribution in [2.45, 2.75) is 25.7 Å². The molecule has 102 valence electrons. The summed E-state index contributed by atoms with van der Waals surface area (Å²) in [5.74, 6) is 1.49. The van der Waals surface area contributed by atoms with Crippen molar-refractivity contribution in [1.29, 1.82) is 0 Å². The zero-order valence-corrected chi connectivity index (χ0v) is 11.4. The first kappa shape index (κ1) is 12.5. The Bertz CT molecular complexity index is 513. The molecule has 0 bridgehead atoms. The molecule has 0 N–H and O–H groups in total. The van der Waals surface area contributed by atoms with Crippen LogP contribution in [0.1, 0.15) is 31.3 Å². The molecule has 0 aromatic heterocycles. The molecule has 0 spiro atoms. The third kappa shape index (κ3) is 2.33. The van der Waals surface area contributed by atoms with Gasteiger partial charge in [-0.1, -0.05) is 6.08 Å². The van der Waals surface area contributed by atoms with Crippen LogP contribution in [0.2, 0.25) is 0 Å². The monoisotopic (exact) mass is 262 g/mol. The molecule has 3 rings (SSSR count). The lowest BCUT2D eigenvalue weighted by Gasteiger charge is -2.29. The van der Waals surface area contributed by atoms with Gasteiger partial charge < -0.3 is 18.9 Å². The maximum atomic E-state index is 5.97. The van der Waals surface area contributed by atoms with Crippen LogP contribution in [0.25, 0.3) is 6.08 Å². The van der Waals surface area contributed by atoms with Crippen LogP contribution in [0.15, 0.2) is 18.2 Å². The van der Waals surface area contributed by atoms with E-state index in [0.29, 0.717) is 19.0 Å². The summed E-state index contributed by atoms with van der Waals surface area (Å²) in [6.07, 6.45) is 3.79. The van der Waals surface area contributed by atoms with Gasteiger partial charge in [0.15, 0.2) is 17.8 Å². The second-order valence-electron chi connectivity index (χ2n) is 5.25. The molecule has 0 unspecified atom stereocenters. The van der Waals surface area contributed by atoms with Crippen LogP contribution >= 0.6 is 0 Å². The molecule has 2 aliphatic rings. The van der Waals surface area contributed by atoms with Gasteiger partial charge in [0, 0.05) is 11.1 Å². The molecule has 1 saturated heterocycles. The molecule has 0 radical (unpaired) electrons. The summed E-state index contributed by atoms with van der Waals surface area (Å²) in [5, 5.41) is 0. The van der Waals surface area contributed by atoms with E-state index in [1.165, 1.54) is 0 Å². The van der Waals surface area contributed by atoms with Crippen molar-refractivity contribution < 1.29 is 18.9 Å². The number of hydrogen-bond donors (Lipinski definition) is 0. The average Bonchev–Trinajstić information content (AvgIpc) is 2.90. The molecule has 4 heteroatoms. The number of ether oxygens (including phenoxy) is 4. The third-order valence-corrected chi connectivity index (χ3v) is 3.25. The Morgan fingerprint density at radius 3 is 2.63 bits per heavy atom. The molecule has 19 heavy (non-hydrogen) atoms. The highest BCUT2D eigenvalue weighted by Crippen LogP contribution is 2.41. The fourth-order valence-corrected chi connectivity index (χ4v) is 2.31. The van der Waals surface area contributed by atoms with Gasteiger partial charge >= 0.3 is 0 Å². The molecule has 0 aliphatic carbocycles. The van der Waals surface area contributed by atoms with Crippen LogP contribution in [0.4, 0.5) is 0 Å². The number of fused-ring (bicyclic) bond motifs is 1. The van der Waals surface area contributed by atoms with Gasteiger partial charge in [0.2, 0.25) is 0 Å². The van der Waals surface area contributed by atoms with E-state index in [1.54, 1.807) is 7.11 Å². The van der Waals surface area contributed by atoms with Gasteiger partial charge in [-0.25, -0.2) is 0 Å². The molecule has 0 amide bonds. The van der Waals surface area contributed by atoms with Crippen molar-refractivity contribution in [1.82, 2.24) is 0 Å². The zero-order valence-electron chi connectivity index (χ0n) is 11.4.